The Morgan fingerprint density at radius 3 is 2.34 bits per heavy atom. The van der Waals surface area contributed by atoms with Gasteiger partial charge in [-0.1, -0.05) is 19.1 Å². The van der Waals surface area contributed by atoms with Gasteiger partial charge >= 0.3 is 0 Å². The zero-order chi connectivity index (χ0) is 21.0. The average molecular weight is 396 g/mol. The quantitative estimate of drug-likeness (QED) is 0.709. The molecule has 0 saturated carbocycles. The molecule has 29 heavy (non-hydrogen) atoms. The molecule has 3 N–H and O–H groups in total. The van der Waals surface area contributed by atoms with Crippen molar-refractivity contribution in [2.24, 2.45) is 11.7 Å². The van der Waals surface area contributed by atoms with Crippen molar-refractivity contribution in [3.05, 3.63) is 59.2 Å². The minimum Gasteiger partial charge on any atom is -0.494 e. The number of nitrogens with zero attached hydrogens (tertiary/aromatic N) is 1. The summed E-state index contributed by atoms with van der Waals surface area (Å²) < 4.78 is 5.57. The maximum Gasteiger partial charge on any atom is 0.253 e. The highest BCUT2D eigenvalue weighted by molar-refractivity contribution is 5.95. The van der Waals surface area contributed by atoms with E-state index in [2.05, 4.69) is 24.4 Å². The molecule has 0 saturated heterocycles. The molecule has 0 spiro atoms. The highest BCUT2D eigenvalue weighted by Gasteiger charge is 2.34. The molecule has 1 amide bonds. The van der Waals surface area contributed by atoms with E-state index < -0.39 is 0 Å². The van der Waals surface area contributed by atoms with Gasteiger partial charge in [0.2, 0.25) is 0 Å². The Morgan fingerprint density at radius 2 is 1.76 bits per heavy atom. The summed E-state index contributed by atoms with van der Waals surface area (Å²) in [5, 5.41) is 3.67. The van der Waals surface area contributed by atoms with Crippen LogP contribution in [0.15, 0.2) is 42.5 Å². The molecule has 5 heteroatoms. The molecule has 1 aliphatic heterocycles. The van der Waals surface area contributed by atoms with Gasteiger partial charge in [-0.15, -0.1) is 0 Å². The van der Waals surface area contributed by atoms with Crippen molar-refractivity contribution in [3.8, 4) is 5.75 Å². The number of nitrogens with one attached hydrogen (secondary N) is 1. The lowest BCUT2D eigenvalue weighted by Gasteiger charge is -2.39. The fraction of sp³-hybridized carbons (Fsp3) is 0.458. The van der Waals surface area contributed by atoms with Crippen LogP contribution in [0.3, 0.4) is 0 Å². The first-order valence-electron chi connectivity index (χ1n) is 10.7. The summed E-state index contributed by atoms with van der Waals surface area (Å²) in [5.74, 6) is 1.18. The standard InChI is InChI=1S/C24H33N3O2/c1-5-19-22(25)20-15-17(24(28)27(6-2)7-3)11-14-21(20)26-23(19)16-9-12-18(13-10-16)29-8-4/h9-15,19,22-23,26H,5-8,25H2,1-4H3/t19-,22+,23?/m1/s1. The van der Waals surface area contributed by atoms with Gasteiger partial charge in [0.05, 0.1) is 12.6 Å². The van der Waals surface area contributed by atoms with E-state index in [4.69, 9.17) is 10.5 Å². The Morgan fingerprint density at radius 1 is 1.07 bits per heavy atom. The van der Waals surface area contributed by atoms with Gasteiger partial charge in [0.15, 0.2) is 0 Å². The molecule has 1 heterocycles. The number of amides is 1. The second kappa shape index (κ2) is 9.31. The molecule has 0 bridgehead atoms. The highest BCUT2D eigenvalue weighted by atomic mass is 16.5. The number of hydrogen-bond acceptors (Lipinski definition) is 4. The van der Waals surface area contributed by atoms with Crippen LogP contribution in [0.5, 0.6) is 5.75 Å². The summed E-state index contributed by atoms with van der Waals surface area (Å²) in [6.45, 7) is 10.2. The molecule has 1 aliphatic rings. The molecule has 3 atom stereocenters. The van der Waals surface area contributed by atoms with Gasteiger partial charge in [0.25, 0.3) is 5.91 Å². The van der Waals surface area contributed by atoms with Crippen molar-refractivity contribution in [2.45, 2.75) is 46.2 Å². The molecule has 0 aromatic heterocycles. The van der Waals surface area contributed by atoms with Crippen LogP contribution in [-0.2, 0) is 0 Å². The van der Waals surface area contributed by atoms with Gasteiger partial charge in [-0.2, -0.15) is 0 Å². The molecule has 2 aromatic rings. The summed E-state index contributed by atoms with van der Waals surface area (Å²) >= 11 is 0. The van der Waals surface area contributed by atoms with Crippen LogP contribution in [-0.4, -0.2) is 30.5 Å². The molecule has 0 aliphatic carbocycles. The SMILES string of the molecule is CCOc1ccc(C2Nc3ccc(C(=O)N(CC)CC)cc3[C@@H](N)[C@H]2CC)cc1. The number of carbonyl (C=O) groups is 1. The number of anilines is 1. The number of carbonyl (C=O) groups excluding carboxylic acids is 1. The van der Waals surface area contributed by atoms with Crippen LogP contribution in [0, 0.1) is 5.92 Å². The minimum atomic E-state index is -0.128. The zero-order valence-electron chi connectivity index (χ0n) is 17.9. The Balaban J connectivity index is 1.91. The van der Waals surface area contributed by atoms with Gasteiger partial charge in [0.1, 0.15) is 5.75 Å². The predicted molar refractivity (Wildman–Crippen MR) is 118 cm³/mol. The number of rotatable bonds is 7. The van der Waals surface area contributed by atoms with Crippen molar-refractivity contribution in [2.75, 3.05) is 25.0 Å². The third-order valence-electron chi connectivity index (χ3n) is 5.93. The van der Waals surface area contributed by atoms with Crippen LogP contribution in [0.25, 0.3) is 0 Å². The number of ether oxygens (including phenoxy) is 1. The number of fused-ring (bicyclic) bond motifs is 1. The maximum atomic E-state index is 12.8. The van der Waals surface area contributed by atoms with Crippen molar-refractivity contribution >= 4 is 11.6 Å². The van der Waals surface area contributed by atoms with Gasteiger partial charge in [-0.25, -0.2) is 0 Å². The molecule has 1 unspecified atom stereocenters. The smallest absolute Gasteiger partial charge is 0.253 e. The fourth-order valence-electron chi connectivity index (χ4n) is 4.27. The van der Waals surface area contributed by atoms with E-state index in [1.54, 1.807) is 0 Å². The Bertz CT molecular complexity index is 831. The van der Waals surface area contributed by atoms with Crippen molar-refractivity contribution in [1.82, 2.24) is 4.90 Å². The Kier molecular flexibility index (Phi) is 6.80. The maximum absolute atomic E-state index is 12.8. The lowest BCUT2D eigenvalue weighted by molar-refractivity contribution is 0.0773. The molecule has 0 fully saturated rings. The summed E-state index contributed by atoms with van der Waals surface area (Å²) in [5.41, 5.74) is 10.7. The molecular weight excluding hydrogens is 362 g/mol. The van der Waals surface area contributed by atoms with Gasteiger partial charge in [0, 0.05) is 36.3 Å². The zero-order valence-corrected chi connectivity index (χ0v) is 17.9. The Labute approximate surface area is 174 Å². The normalized spacial score (nSPS) is 20.5. The van der Waals surface area contributed by atoms with E-state index in [0.29, 0.717) is 25.3 Å². The van der Waals surface area contributed by atoms with Crippen LogP contribution in [0.1, 0.15) is 67.7 Å². The lowest BCUT2D eigenvalue weighted by atomic mass is 9.78. The summed E-state index contributed by atoms with van der Waals surface area (Å²) in [6.07, 6.45) is 0.944. The second-order valence-electron chi connectivity index (χ2n) is 7.50. The first kappa shape index (κ1) is 21.2. The van der Waals surface area contributed by atoms with Gasteiger partial charge in [-0.3, -0.25) is 4.79 Å². The third-order valence-corrected chi connectivity index (χ3v) is 5.93. The number of hydrogen-bond donors (Lipinski definition) is 2. The highest BCUT2D eigenvalue weighted by Crippen LogP contribution is 2.44. The second-order valence-corrected chi connectivity index (χ2v) is 7.50. The first-order chi connectivity index (χ1) is 14.0. The van der Waals surface area contributed by atoms with E-state index >= 15 is 0 Å². The van der Waals surface area contributed by atoms with Crippen molar-refractivity contribution < 1.29 is 9.53 Å². The molecule has 2 aromatic carbocycles. The van der Waals surface area contributed by atoms with E-state index in [9.17, 15) is 4.79 Å². The number of benzene rings is 2. The van der Waals surface area contributed by atoms with Crippen LogP contribution in [0.4, 0.5) is 5.69 Å². The van der Waals surface area contributed by atoms with E-state index in [1.807, 2.05) is 56.0 Å². The minimum absolute atomic E-state index is 0.0617. The largest absolute Gasteiger partial charge is 0.494 e. The molecule has 5 nitrogen and oxygen atoms in total. The van der Waals surface area contributed by atoms with E-state index in [1.165, 1.54) is 5.56 Å². The van der Waals surface area contributed by atoms with E-state index in [0.717, 1.165) is 23.4 Å². The van der Waals surface area contributed by atoms with E-state index in [-0.39, 0.29) is 23.9 Å². The molecule has 0 radical (unpaired) electrons. The molecule has 3 rings (SSSR count). The first-order valence-corrected chi connectivity index (χ1v) is 10.7. The van der Waals surface area contributed by atoms with Gasteiger partial charge < -0.3 is 20.7 Å². The fourth-order valence-corrected chi connectivity index (χ4v) is 4.27. The number of nitrogens with two attached hydrogens (primary N) is 1. The lowest BCUT2D eigenvalue weighted by Crippen LogP contribution is -2.36. The van der Waals surface area contributed by atoms with Crippen LogP contribution >= 0.6 is 0 Å². The molecule has 156 valence electrons. The predicted octanol–water partition coefficient (Wildman–Crippen LogP) is 4.76. The summed E-state index contributed by atoms with van der Waals surface area (Å²) in [4.78, 5) is 14.6. The summed E-state index contributed by atoms with van der Waals surface area (Å²) in [6, 6.07) is 14.1. The van der Waals surface area contributed by atoms with Gasteiger partial charge in [-0.05, 0) is 68.7 Å². The Hall–Kier alpha value is -2.53. The molecular formula is C24H33N3O2. The third kappa shape index (κ3) is 4.25. The topological polar surface area (TPSA) is 67.6 Å². The average Bonchev–Trinajstić information content (AvgIpc) is 2.75. The van der Waals surface area contributed by atoms with Crippen molar-refractivity contribution in [3.63, 3.8) is 0 Å². The van der Waals surface area contributed by atoms with Crippen LogP contribution in [0.2, 0.25) is 0 Å². The van der Waals surface area contributed by atoms with Crippen molar-refractivity contribution in [1.29, 1.82) is 0 Å². The summed E-state index contributed by atoms with van der Waals surface area (Å²) in [7, 11) is 0. The monoisotopic (exact) mass is 395 g/mol. The van der Waals surface area contributed by atoms with Crippen LogP contribution < -0.4 is 15.8 Å².